The SMILES string of the molecule is c1ccc2sc(CNCc3cnccn3)nc2c1. The number of aromatic nitrogens is 3. The molecule has 0 amide bonds. The highest BCUT2D eigenvalue weighted by Gasteiger charge is 2.02. The normalized spacial score (nSPS) is 10.9. The molecular formula is C13H12N4S. The average Bonchev–Trinajstić information content (AvgIpc) is 2.82. The molecular weight excluding hydrogens is 244 g/mol. The first-order valence-electron chi connectivity index (χ1n) is 5.72. The van der Waals surface area contributed by atoms with Crippen LogP contribution in [0.2, 0.25) is 0 Å². The minimum absolute atomic E-state index is 0.712. The van der Waals surface area contributed by atoms with Crippen molar-refractivity contribution in [1.82, 2.24) is 20.3 Å². The van der Waals surface area contributed by atoms with Gasteiger partial charge >= 0.3 is 0 Å². The van der Waals surface area contributed by atoms with Crippen LogP contribution in [0, 0.1) is 0 Å². The molecule has 0 bridgehead atoms. The molecule has 0 saturated carbocycles. The maximum atomic E-state index is 4.56. The number of nitrogens with one attached hydrogen (secondary N) is 1. The summed E-state index contributed by atoms with van der Waals surface area (Å²) in [6, 6.07) is 8.19. The molecule has 0 atom stereocenters. The van der Waals surface area contributed by atoms with Crippen molar-refractivity contribution in [3.8, 4) is 0 Å². The second kappa shape index (κ2) is 5.20. The first kappa shape index (κ1) is 11.3. The lowest BCUT2D eigenvalue weighted by molar-refractivity contribution is 0.675. The largest absolute Gasteiger partial charge is 0.305 e. The number of benzene rings is 1. The molecule has 0 saturated heterocycles. The van der Waals surface area contributed by atoms with E-state index in [1.807, 2.05) is 18.2 Å². The summed E-state index contributed by atoms with van der Waals surface area (Å²) in [6.07, 6.45) is 5.15. The molecule has 0 aliphatic carbocycles. The minimum Gasteiger partial charge on any atom is -0.305 e. The van der Waals surface area contributed by atoms with Crippen molar-refractivity contribution in [2.45, 2.75) is 13.1 Å². The van der Waals surface area contributed by atoms with Gasteiger partial charge in [-0.3, -0.25) is 9.97 Å². The second-order valence-corrected chi connectivity index (χ2v) is 4.99. The maximum absolute atomic E-state index is 4.56. The van der Waals surface area contributed by atoms with E-state index in [0.29, 0.717) is 6.54 Å². The van der Waals surface area contributed by atoms with E-state index in [2.05, 4.69) is 26.3 Å². The van der Waals surface area contributed by atoms with Gasteiger partial charge in [0.2, 0.25) is 0 Å². The fourth-order valence-corrected chi connectivity index (χ4v) is 2.65. The number of nitrogens with zero attached hydrogens (tertiary/aromatic N) is 3. The summed E-state index contributed by atoms with van der Waals surface area (Å²) in [6.45, 7) is 1.47. The molecule has 0 fully saturated rings. The zero-order valence-electron chi connectivity index (χ0n) is 9.71. The number of thiazole rings is 1. The molecule has 2 heterocycles. The fraction of sp³-hybridized carbons (Fsp3) is 0.154. The third kappa shape index (κ3) is 2.52. The van der Waals surface area contributed by atoms with Crippen molar-refractivity contribution >= 4 is 21.6 Å². The van der Waals surface area contributed by atoms with E-state index in [4.69, 9.17) is 0 Å². The summed E-state index contributed by atoms with van der Waals surface area (Å²) in [5, 5.41) is 4.42. The van der Waals surface area contributed by atoms with Gasteiger partial charge in [-0.25, -0.2) is 4.98 Å². The number of hydrogen-bond donors (Lipinski definition) is 1. The predicted octanol–water partition coefficient (Wildman–Crippen LogP) is 2.38. The van der Waals surface area contributed by atoms with Crippen molar-refractivity contribution < 1.29 is 0 Å². The van der Waals surface area contributed by atoms with E-state index >= 15 is 0 Å². The third-order valence-corrected chi connectivity index (χ3v) is 3.57. The van der Waals surface area contributed by atoms with Crippen molar-refractivity contribution in [3.63, 3.8) is 0 Å². The number of fused-ring (bicyclic) bond motifs is 1. The van der Waals surface area contributed by atoms with E-state index in [-0.39, 0.29) is 0 Å². The molecule has 0 radical (unpaired) electrons. The van der Waals surface area contributed by atoms with Crippen molar-refractivity contribution in [2.75, 3.05) is 0 Å². The smallest absolute Gasteiger partial charge is 0.108 e. The van der Waals surface area contributed by atoms with Gasteiger partial charge in [0.15, 0.2) is 0 Å². The lowest BCUT2D eigenvalue weighted by Gasteiger charge is -2.00. The zero-order valence-corrected chi connectivity index (χ0v) is 10.5. The van der Waals surface area contributed by atoms with Crippen molar-refractivity contribution in [2.24, 2.45) is 0 Å². The lowest BCUT2D eigenvalue weighted by Crippen LogP contribution is -2.13. The average molecular weight is 256 g/mol. The monoisotopic (exact) mass is 256 g/mol. The molecule has 1 aromatic carbocycles. The van der Waals surface area contributed by atoms with Crippen molar-refractivity contribution in [1.29, 1.82) is 0 Å². The van der Waals surface area contributed by atoms with Gasteiger partial charge in [0.05, 0.1) is 15.9 Å². The van der Waals surface area contributed by atoms with Crippen LogP contribution in [0.25, 0.3) is 10.2 Å². The van der Waals surface area contributed by atoms with Gasteiger partial charge in [0.1, 0.15) is 5.01 Å². The zero-order chi connectivity index (χ0) is 12.2. The van der Waals surface area contributed by atoms with Gasteiger partial charge in [-0.05, 0) is 12.1 Å². The number of hydrogen-bond acceptors (Lipinski definition) is 5. The third-order valence-electron chi connectivity index (χ3n) is 2.54. The van der Waals surface area contributed by atoms with Gasteiger partial charge in [0.25, 0.3) is 0 Å². The Morgan fingerprint density at radius 1 is 1.11 bits per heavy atom. The van der Waals surface area contributed by atoms with E-state index in [9.17, 15) is 0 Å². The standard InChI is InChI=1S/C13H12N4S/c1-2-4-12-11(3-1)17-13(18-12)9-15-8-10-7-14-5-6-16-10/h1-7,15H,8-9H2. The Morgan fingerprint density at radius 3 is 2.89 bits per heavy atom. The van der Waals surface area contributed by atoms with Gasteiger partial charge in [-0.1, -0.05) is 12.1 Å². The Hall–Kier alpha value is -1.85. The molecule has 3 aromatic rings. The molecule has 3 rings (SSSR count). The Labute approximate surface area is 109 Å². The predicted molar refractivity (Wildman–Crippen MR) is 72.2 cm³/mol. The van der Waals surface area contributed by atoms with Crippen LogP contribution < -0.4 is 5.32 Å². The highest BCUT2D eigenvalue weighted by atomic mass is 32.1. The van der Waals surface area contributed by atoms with Crippen LogP contribution >= 0.6 is 11.3 Å². The molecule has 0 aliphatic heterocycles. The maximum Gasteiger partial charge on any atom is 0.108 e. The van der Waals surface area contributed by atoms with Gasteiger partial charge in [-0.2, -0.15) is 0 Å². The molecule has 1 N–H and O–H groups in total. The highest BCUT2D eigenvalue weighted by Crippen LogP contribution is 2.21. The summed E-state index contributed by atoms with van der Waals surface area (Å²) in [5.74, 6) is 0. The number of rotatable bonds is 4. The molecule has 0 unspecified atom stereocenters. The number of para-hydroxylation sites is 1. The second-order valence-electron chi connectivity index (χ2n) is 3.88. The van der Waals surface area contributed by atoms with E-state index in [1.165, 1.54) is 4.70 Å². The van der Waals surface area contributed by atoms with Crippen LogP contribution in [0.15, 0.2) is 42.9 Å². The fourth-order valence-electron chi connectivity index (χ4n) is 1.71. The summed E-state index contributed by atoms with van der Waals surface area (Å²) in [4.78, 5) is 12.8. The van der Waals surface area contributed by atoms with Gasteiger partial charge in [-0.15, -0.1) is 11.3 Å². The van der Waals surface area contributed by atoms with Crippen LogP contribution in [-0.2, 0) is 13.1 Å². The molecule has 4 nitrogen and oxygen atoms in total. The summed E-state index contributed by atoms with van der Waals surface area (Å²) in [5.41, 5.74) is 2.01. The first-order chi connectivity index (χ1) is 8.92. The van der Waals surface area contributed by atoms with Crippen molar-refractivity contribution in [3.05, 3.63) is 53.6 Å². The molecule has 90 valence electrons. The Morgan fingerprint density at radius 2 is 2.06 bits per heavy atom. The summed E-state index contributed by atoms with van der Waals surface area (Å²) in [7, 11) is 0. The molecule has 5 heteroatoms. The Bertz CT molecular complexity index is 603. The van der Waals surface area contributed by atoms with Crippen LogP contribution in [0.5, 0.6) is 0 Å². The van der Waals surface area contributed by atoms with Crippen LogP contribution in [0.4, 0.5) is 0 Å². The summed E-state index contributed by atoms with van der Waals surface area (Å²) >= 11 is 1.72. The first-order valence-corrected chi connectivity index (χ1v) is 6.53. The van der Waals surface area contributed by atoms with E-state index in [0.717, 1.165) is 22.8 Å². The van der Waals surface area contributed by atoms with Crippen LogP contribution in [0.1, 0.15) is 10.7 Å². The minimum atomic E-state index is 0.712. The van der Waals surface area contributed by atoms with Gasteiger partial charge in [0, 0.05) is 31.7 Å². The Kier molecular flexibility index (Phi) is 3.25. The lowest BCUT2D eigenvalue weighted by atomic mass is 10.3. The molecule has 18 heavy (non-hydrogen) atoms. The van der Waals surface area contributed by atoms with E-state index < -0.39 is 0 Å². The summed E-state index contributed by atoms with van der Waals surface area (Å²) < 4.78 is 1.23. The van der Waals surface area contributed by atoms with Crippen LogP contribution in [-0.4, -0.2) is 15.0 Å². The highest BCUT2D eigenvalue weighted by molar-refractivity contribution is 7.18. The molecule has 2 aromatic heterocycles. The Balaban J connectivity index is 1.63. The molecule has 0 spiro atoms. The van der Waals surface area contributed by atoms with Crippen LogP contribution in [0.3, 0.4) is 0 Å². The molecule has 0 aliphatic rings. The quantitative estimate of drug-likeness (QED) is 0.778. The topological polar surface area (TPSA) is 50.7 Å². The van der Waals surface area contributed by atoms with E-state index in [1.54, 1.807) is 29.9 Å². The van der Waals surface area contributed by atoms with Gasteiger partial charge < -0.3 is 5.32 Å².